The van der Waals surface area contributed by atoms with Crippen LogP contribution in [0.5, 0.6) is 0 Å². The molecule has 0 heterocycles. The second-order valence-electron chi connectivity index (χ2n) is 3.99. The quantitative estimate of drug-likeness (QED) is 0.613. The lowest BCUT2D eigenvalue weighted by molar-refractivity contribution is 0.0687. The number of nitrogens with one attached hydrogen (secondary N) is 2. The van der Waals surface area contributed by atoms with Crippen LogP contribution in [0.3, 0.4) is 0 Å². The van der Waals surface area contributed by atoms with Crippen LogP contribution < -0.4 is 10.6 Å². The maximum Gasteiger partial charge on any atom is 0.336 e. The van der Waals surface area contributed by atoms with Crippen LogP contribution in [-0.4, -0.2) is 47.6 Å². The third-order valence-electron chi connectivity index (χ3n) is 2.67. The molecule has 0 unspecified atom stereocenters. The predicted molar refractivity (Wildman–Crippen MR) is 71.8 cm³/mol. The summed E-state index contributed by atoms with van der Waals surface area (Å²) in [5, 5.41) is 22.8. The first kappa shape index (κ1) is 16.2. The number of rotatable bonds is 5. The van der Waals surface area contributed by atoms with Crippen molar-refractivity contribution < 1.29 is 29.4 Å². The van der Waals surface area contributed by atoms with Crippen LogP contribution in [0.15, 0.2) is 12.1 Å². The molecule has 0 aliphatic carbocycles. The lowest BCUT2D eigenvalue weighted by Crippen LogP contribution is -2.28. The topological polar surface area (TPSA) is 133 Å². The van der Waals surface area contributed by atoms with Crippen molar-refractivity contribution in [1.82, 2.24) is 10.6 Å². The van der Waals surface area contributed by atoms with Crippen molar-refractivity contribution in [2.45, 2.75) is 6.92 Å². The van der Waals surface area contributed by atoms with Crippen molar-refractivity contribution >= 4 is 23.8 Å². The fourth-order valence-electron chi connectivity index (χ4n) is 1.72. The average molecular weight is 294 g/mol. The number of carbonyl (C=O) groups is 4. The molecule has 1 aromatic carbocycles. The lowest BCUT2D eigenvalue weighted by Gasteiger charge is -2.11. The molecule has 112 valence electrons. The molecule has 8 heteroatoms. The molecule has 0 spiro atoms. The Morgan fingerprint density at radius 3 is 1.71 bits per heavy atom. The minimum atomic E-state index is -1.46. The van der Waals surface area contributed by atoms with E-state index in [0.29, 0.717) is 0 Å². The number of benzene rings is 1. The van der Waals surface area contributed by atoms with Gasteiger partial charge < -0.3 is 20.8 Å². The zero-order valence-electron chi connectivity index (χ0n) is 11.4. The van der Waals surface area contributed by atoms with Gasteiger partial charge in [-0.3, -0.25) is 9.59 Å². The summed E-state index contributed by atoms with van der Waals surface area (Å²) in [6.45, 7) is 1.90. The summed E-state index contributed by atoms with van der Waals surface area (Å²) in [6, 6.07) is 1.77. The Balaban J connectivity index is 3.62. The van der Waals surface area contributed by atoms with Crippen LogP contribution in [0, 0.1) is 0 Å². The molecule has 1 rings (SSSR count). The van der Waals surface area contributed by atoms with Gasteiger partial charge in [-0.2, -0.15) is 0 Å². The first-order valence-corrected chi connectivity index (χ1v) is 5.98. The van der Waals surface area contributed by atoms with Crippen LogP contribution in [0.2, 0.25) is 0 Å². The Kier molecular flexibility index (Phi) is 5.01. The molecule has 2 amide bonds. The van der Waals surface area contributed by atoms with E-state index in [4.69, 9.17) is 10.2 Å². The first-order chi connectivity index (χ1) is 9.83. The number of carbonyl (C=O) groups excluding carboxylic acids is 2. The van der Waals surface area contributed by atoms with Crippen molar-refractivity contribution in [3.63, 3.8) is 0 Å². The molecule has 21 heavy (non-hydrogen) atoms. The van der Waals surface area contributed by atoms with Gasteiger partial charge in [0.15, 0.2) is 0 Å². The summed E-state index contributed by atoms with van der Waals surface area (Å²) in [6.07, 6.45) is 0. The van der Waals surface area contributed by atoms with Gasteiger partial charge >= 0.3 is 11.9 Å². The average Bonchev–Trinajstić information content (AvgIpc) is 2.44. The fraction of sp³-hybridized carbons (Fsp3) is 0.231. The molecule has 0 radical (unpaired) electrons. The second kappa shape index (κ2) is 6.51. The van der Waals surface area contributed by atoms with Crippen molar-refractivity contribution in [1.29, 1.82) is 0 Å². The van der Waals surface area contributed by atoms with Crippen LogP contribution in [-0.2, 0) is 0 Å². The first-order valence-electron chi connectivity index (χ1n) is 5.98. The van der Waals surface area contributed by atoms with Crippen LogP contribution in [0.25, 0.3) is 0 Å². The van der Waals surface area contributed by atoms with Crippen LogP contribution >= 0.6 is 0 Å². The lowest BCUT2D eigenvalue weighted by atomic mass is 9.97. The Hall–Kier alpha value is -2.90. The molecule has 0 atom stereocenters. The molecule has 0 fully saturated rings. The fourth-order valence-corrected chi connectivity index (χ4v) is 1.72. The largest absolute Gasteiger partial charge is 0.478 e. The van der Waals surface area contributed by atoms with Crippen LogP contribution in [0.1, 0.15) is 48.4 Å². The van der Waals surface area contributed by atoms with E-state index in [1.807, 2.05) is 0 Å². The highest BCUT2D eigenvalue weighted by molar-refractivity contribution is 6.11. The van der Waals surface area contributed by atoms with Gasteiger partial charge in [-0.25, -0.2) is 9.59 Å². The molecule has 0 aliphatic heterocycles. The summed E-state index contributed by atoms with van der Waals surface area (Å²) in [4.78, 5) is 45.9. The van der Waals surface area contributed by atoms with E-state index in [1.165, 1.54) is 7.05 Å². The summed E-state index contributed by atoms with van der Waals surface area (Å²) >= 11 is 0. The number of hydrogen-bond acceptors (Lipinski definition) is 4. The van der Waals surface area contributed by atoms with Gasteiger partial charge in [-0.05, 0) is 19.1 Å². The normalized spacial score (nSPS) is 9.81. The van der Waals surface area contributed by atoms with E-state index in [-0.39, 0.29) is 17.7 Å². The molecular formula is C13H14N2O6. The zero-order chi connectivity index (χ0) is 16.2. The Morgan fingerprint density at radius 2 is 1.33 bits per heavy atom. The highest BCUT2D eigenvalue weighted by Gasteiger charge is 2.24. The minimum Gasteiger partial charge on any atom is -0.478 e. The maximum absolute atomic E-state index is 11.9. The third kappa shape index (κ3) is 3.35. The predicted octanol–water partition coefficient (Wildman–Crippen LogP) is 0.192. The van der Waals surface area contributed by atoms with E-state index >= 15 is 0 Å². The van der Waals surface area contributed by atoms with Crippen molar-refractivity contribution in [2.24, 2.45) is 0 Å². The van der Waals surface area contributed by atoms with Crippen molar-refractivity contribution in [3.8, 4) is 0 Å². The second-order valence-corrected chi connectivity index (χ2v) is 3.99. The number of amides is 2. The zero-order valence-corrected chi connectivity index (χ0v) is 11.4. The van der Waals surface area contributed by atoms with Gasteiger partial charge in [0.05, 0.1) is 22.3 Å². The number of carboxylic acid groups (broad SMARTS) is 2. The highest BCUT2D eigenvalue weighted by atomic mass is 16.4. The molecule has 0 aliphatic rings. The summed E-state index contributed by atoms with van der Waals surface area (Å²) in [7, 11) is 1.30. The van der Waals surface area contributed by atoms with Crippen molar-refractivity contribution in [2.75, 3.05) is 13.6 Å². The van der Waals surface area contributed by atoms with E-state index < -0.39 is 34.9 Å². The van der Waals surface area contributed by atoms with Gasteiger partial charge in [0.1, 0.15) is 0 Å². The molecule has 0 aromatic heterocycles. The van der Waals surface area contributed by atoms with Gasteiger partial charge in [0.2, 0.25) is 0 Å². The van der Waals surface area contributed by atoms with Gasteiger partial charge in [-0.1, -0.05) is 0 Å². The molecule has 8 nitrogen and oxygen atoms in total. The molecule has 4 N–H and O–H groups in total. The van der Waals surface area contributed by atoms with E-state index in [2.05, 4.69) is 10.6 Å². The number of hydrogen-bond donors (Lipinski definition) is 4. The molecule has 0 saturated heterocycles. The SMILES string of the molecule is CCNC(=O)c1cc(C(=O)NC)c(C(=O)O)cc1C(=O)O. The summed E-state index contributed by atoms with van der Waals surface area (Å²) in [5.74, 6) is -4.34. The number of carboxylic acids is 2. The highest BCUT2D eigenvalue weighted by Crippen LogP contribution is 2.18. The summed E-state index contributed by atoms with van der Waals surface area (Å²) < 4.78 is 0. The van der Waals surface area contributed by atoms with Crippen LogP contribution in [0.4, 0.5) is 0 Å². The standard InChI is InChI=1S/C13H14N2O6/c1-3-15-11(17)7-4-6(10(16)14-2)8(12(18)19)5-9(7)13(20)21/h4-5H,3H2,1-2H3,(H,14,16)(H,15,17)(H,18,19)(H,20,21). The third-order valence-corrected chi connectivity index (χ3v) is 2.67. The summed E-state index contributed by atoms with van der Waals surface area (Å²) in [5.41, 5.74) is -1.52. The minimum absolute atomic E-state index is 0.258. The van der Waals surface area contributed by atoms with E-state index in [1.54, 1.807) is 6.92 Å². The van der Waals surface area contributed by atoms with Gasteiger partial charge in [0, 0.05) is 13.6 Å². The Bertz CT molecular complexity index is 623. The molecule has 1 aromatic rings. The molecule has 0 bridgehead atoms. The molecule has 0 saturated carbocycles. The smallest absolute Gasteiger partial charge is 0.336 e. The Morgan fingerprint density at radius 1 is 0.905 bits per heavy atom. The van der Waals surface area contributed by atoms with E-state index in [9.17, 15) is 19.2 Å². The van der Waals surface area contributed by atoms with E-state index in [0.717, 1.165) is 12.1 Å². The van der Waals surface area contributed by atoms with Gasteiger partial charge in [0.25, 0.3) is 11.8 Å². The molecular weight excluding hydrogens is 280 g/mol. The number of aromatic carboxylic acids is 2. The Labute approximate surface area is 119 Å². The monoisotopic (exact) mass is 294 g/mol. The van der Waals surface area contributed by atoms with Crippen molar-refractivity contribution in [3.05, 3.63) is 34.4 Å². The maximum atomic E-state index is 11.9. The van der Waals surface area contributed by atoms with Gasteiger partial charge in [-0.15, -0.1) is 0 Å².